The number of nitrogen functional groups attached to an aromatic ring is 1. The van der Waals surface area contributed by atoms with Crippen LogP contribution in [0.15, 0.2) is 79.0 Å². The first-order valence-corrected chi connectivity index (χ1v) is 11.3. The third-order valence-electron chi connectivity index (χ3n) is 5.41. The van der Waals surface area contributed by atoms with E-state index in [-0.39, 0.29) is 11.7 Å². The summed E-state index contributed by atoms with van der Waals surface area (Å²) in [7, 11) is 0. The van der Waals surface area contributed by atoms with Gasteiger partial charge in [-0.25, -0.2) is 9.97 Å². The van der Waals surface area contributed by atoms with Gasteiger partial charge < -0.3 is 10.5 Å². The van der Waals surface area contributed by atoms with Crippen molar-refractivity contribution in [1.82, 2.24) is 19.9 Å². The summed E-state index contributed by atoms with van der Waals surface area (Å²) in [6, 6.07) is 23.4. The molecule has 0 unspecified atom stereocenters. The van der Waals surface area contributed by atoms with Gasteiger partial charge in [0.2, 0.25) is 0 Å². The van der Waals surface area contributed by atoms with E-state index in [2.05, 4.69) is 15.0 Å². The van der Waals surface area contributed by atoms with Gasteiger partial charge in [0.15, 0.2) is 5.82 Å². The fourth-order valence-electron chi connectivity index (χ4n) is 3.81. The average Bonchev–Trinajstić information content (AvgIpc) is 2.85. The zero-order valence-electron chi connectivity index (χ0n) is 18.6. The van der Waals surface area contributed by atoms with E-state index in [0.717, 1.165) is 33.4 Å². The Labute approximate surface area is 202 Å². The molecule has 5 aromatic rings. The Bertz CT molecular complexity index is 1470. The summed E-state index contributed by atoms with van der Waals surface area (Å²) >= 11 is 6.57. The van der Waals surface area contributed by atoms with Crippen LogP contribution in [0, 0.1) is 6.92 Å². The minimum Gasteiger partial charge on any atom is -0.475 e. The Kier molecular flexibility index (Phi) is 6.06. The second kappa shape index (κ2) is 9.45. The van der Waals surface area contributed by atoms with Gasteiger partial charge in [-0.3, -0.25) is 9.97 Å². The maximum Gasteiger partial charge on any atom is 0.257 e. The van der Waals surface area contributed by atoms with Crippen molar-refractivity contribution in [3.63, 3.8) is 0 Å². The Hall–Kier alpha value is -4.03. The lowest BCUT2D eigenvalue weighted by Crippen LogP contribution is -2.09. The van der Waals surface area contributed by atoms with Crippen LogP contribution in [-0.2, 0) is 6.42 Å². The molecule has 2 N–H and O–H groups in total. The number of benzene rings is 2. The third kappa shape index (κ3) is 4.54. The molecule has 0 radical (unpaired) electrons. The summed E-state index contributed by atoms with van der Waals surface area (Å²) in [5.41, 5.74) is 11.9. The predicted molar refractivity (Wildman–Crippen MR) is 136 cm³/mol. The van der Waals surface area contributed by atoms with Crippen molar-refractivity contribution in [2.75, 3.05) is 12.3 Å². The summed E-state index contributed by atoms with van der Waals surface area (Å²) in [6.07, 6.45) is 2.35. The average molecular weight is 468 g/mol. The van der Waals surface area contributed by atoms with Gasteiger partial charge in [-0.2, -0.15) is 0 Å². The van der Waals surface area contributed by atoms with Crippen molar-refractivity contribution in [2.24, 2.45) is 0 Å². The lowest BCUT2D eigenvalue weighted by Gasteiger charge is -2.14. The summed E-state index contributed by atoms with van der Waals surface area (Å²) < 4.78 is 5.97. The van der Waals surface area contributed by atoms with Crippen molar-refractivity contribution < 1.29 is 4.74 Å². The number of pyridine rings is 2. The summed E-state index contributed by atoms with van der Waals surface area (Å²) in [6.45, 7) is 2.34. The smallest absolute Gasteiger partial charge is 0.257 e. The Morgan fingerprint density at radius 2 is 1.68 bits per heavy atom. The van der Waals surface area contributed by atoms with Gasteiger partial charge in [-0.1, -0.05) is 54.1 Å². The Morgan fingerprint density at radius 3 is 2.50 bits per heavy atom. The van der Waals surface area contributed by atoms with Gasteiger partial charge in [0.25, 0.3) is 5.88 Å². The normalized spacial score (nSPS) is 11.0. The minimum absolute atomic E-state index is 0.230. The molecule has 34 heavy (non-hydrogen) atoms. The number of ether oxygens (including phenoxy) is 1. The number of rotatable bonds is 6. The molecule has 7 heteroatoms. The number of aryl methyl sites for hydroxylation is 1. The van der Waals surface area contributed by atoms with Crippen LogP contribution in [-0.4, -0.2) is 26.5 Å². The zero-order chi connectivity index (χ0) is 23.5. The molecule has 0 aliphatic rings. The van der Waals surface area contributed by atoms with E-state index in [1.807, 2.05) is 79.7 Å². The van der Waals surface area contributed by atoms with Crippen molar-refractivity contribution >= 4 is 28.3 Å². The van der Waals surface area contributed by atoms with Crippen LogP contribution in [0.1, 0.15) is 11.4 Å². The topological polar surface area (TPSA) is 86.8 Å². The van der Waals surface area contributed by atoms with E-state index in [4.69, 9.17) is 27.1 Å². The van der Waals surface area contributed by atoms with Crippen LogP contribution in [0.2, 0.25) is 5.02 Å². The number of fused-ring (bicyclic) bond motifs is 1. The number of aromatic nitrogens is 4. The monoisotopic (exact) mass is 467 g/mol. The Balaban J connectivity index is 1.56. The lowest BCUT2D eigenvalue weighted by atomic mass is 10.0. The summed E-state index contributed by atoms with van der Waals surface area (Å²) in [5.74, 6) is 0.512. The van der Waals surface area contributed by atoms with E-state index in [0.29, 0.717) is 29.4 Å². The number of nitrogens with zero attached hydrogens (tertiary/aromatic N) is 4. The van der Waals surface area contributed by atoms with Crippen molar-refractivity contribution in [1.29, 1.82) is 0 Å². The molecule has 0 bridgehead atoms. The molecular weight excluding hydrogens is 446 g/mol. The van der Waals surface area contributed by atoms with Gasteiger partial charge in [0.05, 0.1) is 22.8 Å². The van der Waals surface area contributed by atoms with Gasteiger partial charge in [0.1, 0.15) is 5.69 Å². The summed E-state index contributed by atoms with van der Waals surface area (Å²) in [4.78, 5) is 18.4. The molecule has 0 saturated carbocycles. The number of halogens is 1. The van der Waals surface area contributed by atoms with Crippen molar-refractivity contribution in [3.05, 3.63) is 95.4 Å². The molecule has 3 heterocycles. The van der Waals surface area contributed by atoms with Gasteiger partial charge in [0, 0.05) is 40.5 Å². The molecule has 3 aromatic heterocycles. The fourth-order valence-corrected chi connectivity index (χ4v) is 4.09. The van der Waals surface area contributed by atoms with E-state index >= 15 is 0 Å². The molecule has 6 nitrogen and oxygen atoms in total. The first kappa shape index (κ1) is 21.8. The second-order valence-corrected chi connectivity index (χ2v) is 8.29. The maximum atomic E-state index is 6.57. The number of nitrogens with two attached hydrogens (primary N) is 1. The highest BCUT2D eigenvalue weighted by Gasteiger charge is 2.18. The van der Waals surface area contributed by atoms with E-state index in [9.17, 15) is 0 Å². The highest BCUT2D eigenvalue weighted by atomic mass is 35.5. The molecule has 0 amide bonds. The molecule has 0 atom stereocenters. The molecule has 0 aliphatic carbocycles. The van der Waals surface area contributed by atoms with Crippen LogP contribution in [0.3, 0.4) is 0 Å². The lowest BCUT2D eigenvalue weighted by molar-refractivity contribution is 0.309. The highest BCUT2D eigenvalue weighted by molar-refractivity contribution is 6.35. The number of hydrogen-bond donors (Lipinski definition) is 1. The number of hydrogen-bond acceptors (Lipinski definition) is 6. The van der Waals surface area contributed by atoms with Gasteiger partial charge in [-0.15, -0.1) is 0 Å². The van der Waals surface area contributed by atoms with E-state index in [1.54, 1.807) is 6.20 Å². The summed E-state index contributed by atoms with van der Waals surface area (Å²) in [5, 5.41) is 1.45. The maximum absolute atomic E-state index is 6.57. The van der Waals surface area contributed by atoms with Crippen molar-refractivity contribution in [3.8, 4) is 28.4 Å². The molecular formula is C27H22ClN5O. The molecule has 0 fully saturated rings. The first-order valence-electron chi connectivity index (χ1n) is 10.9. The van der Waals surface area contributed by atoms with E-state index < -0.39 is 0 Å². The van der Waals surface area contributed by atoms with Crippen LogP contribution in [0.25, 0.3) is 33.4 Å². The van der Waals surface area contributed by atoms with Crippen LogP contribution < -0.4 is 10.5 Å². The van der Waals surface area contributed by atoms with Crippen LogP contribution in [0.5, 0.6) is 5.88 Å². The molecule has 5 rings (SSSR count). The van der Waals surface area contributed by atoms with E-state index in [1.165, 1.54) is 0 Å². The molecule has 168 valence electrons. The van der Waals surface area contributed by atoms with Gasteiger partial charge in [-0.05, 0) is 37.3 Å². The second-order valence-electron chi connectivity index (χ2n) is 7.88. The third-order valence-corrected chi connectivity index (χ3v) is 5.70. The number of anilines is 1. The van der Waals surface area contributed by atoms with Crippen LogP contribution >= 0.6 is 11.6 Å². The van der Waals surface area contributed by atoms with Crippen molar-refractivity contribution in [2.45, 2.75) is 13.3 Å². The standard InChI is InChI=1S/C27H22ClN5O/c1-17-7-5-11-21(31-17)12-14-34-27-26(29)32-24(18-8-3-2-4-9-18)25(33-27)20-15-19-10-6-13-30-23(19)22(28)16-20/h2-11,13,15-16H,12,14H2,1H3,(H2,29,32). The zero-order valence-corrected chi connectivity index (χ0v) is 19.3. The first-order chi connectivity index (χ1) is 16.6. The molecule has 0 spiro atoms. The molecule has 0 aliphatic heterocycles. The predicted octanol–water partition coefficient (Wildman–Crippen LogP) is 5.92. The largest absolute Gasteiger partial charge is 0.475 e. The van der Waals surface area contributed by atoms with Crippen LogP contribution in [0.4, 0.5) is 5.82 Å². The Morgan fingerprint density at radius 1 is 0.853 bits per heavy atom. The SMILES string of the molecule is Cc1cccc(CCOc2nc(-c3cc(Cl)c4ncccc4c3)c(-c3ccccc3)nc2N)n1. The minimum atomic E-state index is 0.230. The molecule has 2 aromatic carbocycles. The highest BCUT2D eigenvalue weighted by Crippen LogP contribution is 2.36. The quantitative estimate of drug-likeness (QED) is 0.333. The van der Waals surface area contributed by atoms with Gasteiger partial charge >= 0.3 is 0 Å². The molecule has 0 saturated heterocycles. The fraction of sp³-hybridized carbons (Fsp3) is 0.111.